The average molecular weight is 890 g/mol. The fraction of sp³-hybridized carbons (Fsp3) is 0.833. The smallest absolute Gasteiger partial charge is 0.220 e. The summed E-state index contributed by atoms with van der Waals surface area (Å²) in [4.78, 5) is 13.0. The molecule has 0 aromatic rings. The van der Waals surface area contributed by atoms with Gasteiger partial charge in [-0.25, -0.2) is 0 Å². The Morgan fingerprint density at radius 2 is 0.952 bits per heavy atom. The molecule has 0 bridgehead atoms. The van der Waals surface area contributed by atoms with Gasteiger partial charge in [-0.3, -0.25) is 4.79 Å². The molecule has 1 heterocycles. The molecule has 1 saturated heterocycles. The van der Waals surface area contributed by atoms with Crippen molar-refractivity contribution in [2.75, 3.05) is 13.2 Å². The number of unbranched alkanes of at least 4 members (excludes halogenated alkanes) is 28. The third kappa shape index (κ3) is 34.2. The number of allylic oxidation sites excluding steroid dienone is 7. The largest absolute Gasteiger partial charge is 0.394 e. The first-order valence-corrected chi connectivity index (χ1v) is 26.4. The maximum Gasteiger partial charge on any atom is 0.220 e. The summed E-state index contributed by atoms with van der Waals surface area (Å²) in [5.41, 5.74) is 0. The second-order valence-electron chi connectivity index (χ2n) is 18.3. The van der Waals surface area contributed by atoms with Crippen molar-refractivity contribution in [2.24, 2.45) is 0 Å². The fourth-order valence-corrected chi connectivity index (χ4v) is 8.14. The zero-order chi connectivity index (χ0) is 45.9. The van der Waals surface area contributed by atoms with Crippen molar-refractivity contribution in [1.29, 1.82) is 0 Å². The van der Waals surface area contributed by atoms with E-state index in [9.17, 15) is 30.3 Å². The summed E-state index contributed by atoms with van der Waals surface area (Å²) in [6.45, 7) is 3.74. The van der Waals surface area contributed by atoms with Crippen LogP contribution in [0.5, 0.6) is 0 Å². The highest BCUT2D eigenvalue weighted by molar-refractivity contribution is 5.76. The van der Waals surface area contributed by atoms with Gasteiger partial charge in [0.2, 0.25) is 5.91 Å². The molecule has 0 spiro atoms. The number of rotatable bonds is 44. The van der Waals surface area contributed by atoms with Crippen LogP contribution in [0.3, 0.4) is 0 Å². The Bertz CT molecular complexity index is 1130. The monoisotopic (exact) mass is 890 g/mol. The van der Waals surface area contributed by atoms with E-state index in [1.54, 1.807) is 6.08 Å². The number of carbonyl (C=O) groups is 1. The summed E-state index contributed by atoms with van der Waals surface area (Å²) in [6, 6.07) is -0.830. The predicted molar refractivity (Wildman–Crippen MR) is 263 cm³/mol. The number of ether oxygens (including phenoxy) is 2. The average Bonchev–Trinajstić information content (AvgIpc) is 3.28. The molecule has 1 aliphatic rings. The van der Waals surface area contributed by atoms with Crippen LogP contribution in [0.1, 0.15) is 232 Å². The molecule has 9 heteroatoms. The van der Waals surface area contributed by atoms with E-state index in [1.165, 1.54) is 148 Å². The molecule has 63 heavy (non-hydrogen) atoms. The highest BCUT2D eigenvalue weighted by Crippen LogP contribution is 2.23. The van der Waals surface area contributed by atoms with E-state index in [2.05, 4.69) is 55.6 Å². The van der Waals surface area contributed by atoms with E-state index in [4.69, 9.17) is 9.47 Å². The first kappa shape index (κ1) is 59.2. The summed E-state index contributed by atoms with van der Waals surface area (Å²) in [5.74, 6) is -0.200. The van der Waals surface area contributed by atoms with Crippen LogP contribution < -0.4 is 5.32 Å². The molecule has 1 aliphatic heterocycles. The third-order valence-corrected chi connectivity index (χ3v) is 12.4. The molecule has 0 aromatic heterocycles. The summed E-state index contributed by atoms with van der Waals surface area (Å²) < 4.78 is 11.2. The zero-order valence-corrected chi connectivity index (χ0v) is 40.6. The Morgan fingerprint density at radius 1 is 0.540 bits per heavy atom. The number of aliphatic hydroxyl groups excluding tert-OH is 5. The zero-order valence-electron chi connectivity index (χ0n) is 40.6. The Labute approximate surface area is 386 Å². The molecule has 0 aliphatic carbocycles. The van der Waals surface area contributed by atoms with Crippen LogP contribution in [0.15, 0.2) is 48.6 Å². The van der Waals surface area contributed by atoms with Crippen molar-refractivity contribution in [3.8, 4) is 0 Å². The van der Waals surface area contributed by atoms with Crippen molar-refractivity contribution >= 4 is 5.91 Å². The van der Waals surface area contributed by atoms with Gasteiger partial charge in [0.25, 0.3) is 0 Å². The molecule has 1 fully saturated rings. The summed E-state index contributed by atoms with van der Waals surface area (Å²) >= 11 is 0. The van der Waals surface area contributed by atoms with Gasteiger partial charge >= 0.3 is 0 Å². The van der Waals surface area contributed by atoms with Crippen molar-refractivity contribution in [1.82, 2.24) is 5.32 Å². The molecule has 0 aromatic carbocycles. The number of hydrogen-bond acceptors (Lipinski definition) is 8. The van der Waals surface area contributed by atoms with Gasteiger partial charge in [-0.1, -0.05) is 210 Å². The topological polar surface area (TPSA) is 149 Å². The number of aliphatic hydroxyl groups is 5. The van der Waals surface area contributed by atoms with Gasteiger partial charge in [-0.05, 0) is 64.2 Å². The Morgan fingerprint density at radius 3 is 1.44 bits per heavy atom. The van der Waals surface area contributed by atoms with Gasteiger partial charge in [0, 0.05) is 6.42 Å². The Balaban J connectivity index is 2.30. The van der Waals surface area contributed by atoms with Gasteiger partial charge in [0.1, 0.15) is 24.4 Å². The van der Waals surface area contributed by atoms with Crippen LogP contribution in [0.25, 0.3) is 0 Å². The van der Waals surface area contributed by atoms with Crippen LogP contribution in [-0.4, -0.2) is 87.5 Å². The maximum atomic E-state index is 13.0. The van der Waals surface area contributed by atoms with Gasteiger partial charge in [-0.2, -0.15) is 0 Å². The van der Waals surface area contributed by atoms with E-state index in [0.717, 1.165) is 64.2 Å². The predicted octanol–water partition coefficient (Wildman–Crippen LogP) is 12.2. The molecular formula is C54H99NO8. The molecule has 1 rings (SSSR count). The van der Waals surface area contributed by atoms with E-state index < -0.39 is 49.5 Å². The molecule has 0 saturated carbocycles. The molecule has 7 atom stereocenters. The van der Waals surface area contributed by atoms with Crippen molar-refractivity contribution in [2.45, 2.75) is 275 Å². The lowest BCUT2D eigenvalue weighted by molar-refractivity contribution is -0.302. The highest BCUT2D eigenvalue weighted by atomic mass is 16.7. The highest BCUT2D eigenvalue weighted by Gasteiger charge is 2.44. The van der Waals surface area contributed by atoms with Crippen molar-refractivity contribution < 1.29 is 39.8 Å². The van der Waals surface area contributed by atoms with Crippen LogP contribution in [0.4, 0.5) is 0 Å². The number of amides is 1. The van der Waals surface area contributed by atoms with Crippen LogP contribution in [0.2, 0.25) is 0 Å². The van der Waals surface area contributed by atoms with Crippen LogP contribution >= 0.6 is 0 Å². The summed E-state index contributed by atoms with van der Waals surface area (Å²) in [7, 11) is 0. The third-order valence-electron chi connectivity index (χ3n) is 12.4. The lowest BCUT2D eigenvalue weighted by Crippen LogP contribution is -2.60. The van der Waals surface area contributed by atoms with Crippen molar-refractivity contribution in [3.05, 3.63) is 48.6 Å². The minimum Gasteiger partial charge on any atom is -0.394 e. The summed E-state index contributed by atoms with van der Waals surface area (Å²) in [5, 5.41) is 54.3. The van der Waals surface area contributed by atoms with E-state index in [1.807, 2.05) is 6.08 Å². The molecule has 9 nitrogen and oxygen atoms in total. The first-order valence-electron chi connectivity index (χ1n) is 26.4. The van der Waals surface area contributed by atoms with Gasteiger partial charge in [-0.15, -0.1) is 0 Å². The quantitative estimate of drug-likeness (QED) is 0.0262. The first-order chi connectivity index (χ1) is 30.8. The second-order valence-corrected chi connectivity index (χ2v) is 18.3. The molecule has 368 valence electrons. The number of nitrogens with one attached hydrogen (secondary N) is 1. The van der Waals surface area contributed by atoms with Gasteiger partial charge < -0.3 is 40.3 Å². The Hall–Kier alpha value is -1.85. The molecular weight excluding hydrogens is 791 g/mol. The minimum absolute atomic E-state index is 0.200. The second kappa shape index (κ2) is 44.0. The van der Waals surface area contributed by atoms with Gasteiger partial charge in [0.15, 0.2) is 6.29 Å². The lowest BCUT2D eigenvalue weighted by Gasteiger charge is -2.40. The maximum absolute atomic E-state index is 13.0. The van der Waals surface area contributed by atoms with E-state index in [0.29, 0.717) is 6.42 Å². The SMILES string of the molecule is CCCCCC/C=C\C/C=C\CCCCCCCC(=O)NC(COC1OC(CO)C(O)C(O)C1O)C(O)/C=C/CC/C=C/CCCCCCCCCCCCCCCCCCCC. The molecule has 7 unspecified atom stereocenters. The standard InChI is InChI=1S/C54H99NO8/c1-3-5-7-9-11-13-15-17-19-21-22-23-24-25-26-27-28-29-31-33-35-37-39-41-43-48(57)47(46-62-54-53(61)52(60)51(59)49(45-56)63-54)55-50(58)44-42-40-38-36-34-32-30-20-18-16-14-12-10-8-6-4-2/h14,16,20,30,33,35,41,43,47-49,51-54,56-57,59-61H,3-13,15,17-19,21-29,31-32,34,36-40,42,44-46H2,1-2H3,(H,55,58)/b16-14-,30-20-,35-33+,43-41+. The molecule has 0 radical (unpaired) electrons. The van der Waals surface area contributed by atoms with E-state index >= 15 is 0 Å². The van der Waals surface area contributed by atoms with Crippen LogP contribution in [0, 0.1) is 0 Å². The minimum atomic E-state index is -1.58. The normalized spacial score (nSPS) is 20.5. The lowest BCUT2D eigenvalue weighted by atomic mass is 9.99. The van der Waals surface area contributed by atoms with Crippen molar-refractivity contribution in [3.63, 3.8) is 0 Å². The summed E-state index contributed by atoms with van der Waals surface area (Å²) in [6.07, 6.45) is 50.3. The Kier molecular flexibility index (Phi) is 41.3. The number of carbonyl (C=O) groups excluding carboxylic acids is 1. The fourth-order valence-electron chi connectivity index (χ4n) is 8.14. The molecule has 1 amide bonds. The van der Waals surface area contributed by atoms with Crippen LogP contribution in [-0.2, 0) is 14.3 Å². The van der Waals surface area contributed by atoms with Gasteiger partial charge in [0.05, 0.1) is 25.4 Å². The number of hydrogen-bond donors (Lipinski definition) is 6. The van der Waals surface area contributed by atoms with E-state index in [-0.39, 0.29) is 12.5 Å². The molecule has 6 N–H and O–H groups in total.